The summed E-state index contributed by atoms with van der Waals surface area (Å²) >= 11 is 0. The van der Waals surface area contributed by atoms with Crippen LogP contribution in [0.3, 0.4) is 0 Å². The molecule has 1 saturated heterocycles. The van der Waals surface area contributed by atoms with Crippen molar-refractivity contribution in [1.82, 2.24) is 24.4 Å². The summed E-state index contributed by atoms with van der Waals surface area (Å²) in [7, 11) is 2.03. The second-order valence-electron chi connectivity index (χ2n) is 6.08. The zero-order valence-corrected chi connectivity index (χ0v) is 13.3. The molecule has 6 nitrogen and oxygen atoms in total. The van der Waals surface area contributed by atoms with Gasteiger partial charge < -0.3 is 14.5 Å². The van der Waals surface area contributed by atoms with Crippen LogP contribution < -0.4 is 0 Å². The number of hydrogen-bond donors (Lipinski definition) is 1. The molecule has 0 aliphatic carbocycles. The number of carbonyl (C=O) groups is 1. The fraction of sp³-hybridized carbons (Fsp3) is 0.353. The highest BCUT2D eigenvalue weighted by atomic mass is 16.2. The van der Waals surface area contributed by atoms with Crippen LogP contribution in [0.25, 0.3) is 11.2 Å². The number of likely N-dealkylation sites (tertiary alicyclic amines) is 1. The summed E-state index contributed by atoms with van der Waals surface area (Å²) in [5, 5.41) is 0. The van der Waals surface area contributed by atoms with Crippen LogP contribution in [-0.2, 0) is 7.05 Å². The molecule has 0 aromatic carbocycles. The summed E-state index contributed by atoms with van der Waals surface area (Å²) < 4.78 is 2.10. The van der Waals surface area contributed by atoms with Gasteiger partial charge in [0.2, 0.25) is 0 Å². The molecule has 3 aromatic rings. The average molecular weight is 309 g/mol. The van der Waals surface area contributed by atoms with E-state index in [1.165, 1.54) is 5.69 Å². The molecule has 3 aromatic heterocycles. The molecule has 0 radical (unpaired) electrons. The molecule has 1 unspecified atom stereocenters. The number of rotatable bonds is 2. The van der Waals surface area contributed by atoms with Gasteiger partial charge in [-0.15, -0.1) is 0 Å². The lowest BCUT2D eigenvalue weighted by Gasteiger charge is -2.25. The molecular formula is C17H19N5O. The molecule has 1 aliphatic heterocycles. The third-order valence-corrected chi connectivity index (χ3v) is 4.58. The molecule has 0 bridgehead atoms. The van der Waals surface area contributed by atoms with E-state index in [0.717, 1.165) is 30.7 Å². The molecule has 4 rings (SSSR count). The average Bonchev–Trinajstić information content (AvgIpc) is 3.23. The number of H-pyrrole nitrogens is 1. The predicted molar refractivity (Wildman–Crippen MR) is 87.1 cm³/mol. The predicted octanol–water partition coefficient (Wildman–Crippen LogP) is 2.58. The smallest absolute Gasteiger partial charge is 0.256 e. The van der Waals surface area contributed by atoms with Gasteiger partial charge in [0.15, 0.2) is 5.65 Å². The Bertz CT molecular complexity index is 878. The van der Waals surface area contributed by atoms with Crippen LogP contribution in [0.1, 0.15) is 40.8 Å². The Morgan fingerprint density at radius 3 is 3.04 bits per heavy atom. The van der Waals surface area contributed by atoms with E-state index >= 15 is 0 Å². The van der Waals surface area contributed by atoms with Gasteiger partial charge in [-0.1, -0.05) is 0 Å². The van der Waals surface area contributed by atoms with E-state index < -0.39 is 0 Å². The molecule has 1 fully saturated rings. The number of pyridine rings is 1. The first kappa shape index (κ1) is 14.0. The van der Waals surface area contributed by atoms with Crippen molar-refractivity contribution in [3.8, 4) is 0 Å². The zero-order valence-electron chi connectivity index (χ0n) is 13.3. The lowest BCUT2D eigenvalue weighted by molar-refractivity contribution is 0.0733. The van der Waals surface area contributed by atoms with Crippen LogP contribution >= 0.6 is 0 Å². The molecule has 6 heteroatoms. The standard InChI is InChI=1S/C17H19N5O/c1-11-19-15-12(7-8-18-16(15)20-11)17(23)22-10-4-6-14(22)13-5-3-9-21(13)2/h3,5,7-9,14H,4,6,10H2,1-2H3,(H,18,19,20). The van der Waals surface area contributed by atoms with Crippen LogP contribution in [0.15, 0.2) is 30.6 Å². The topological polar surface area (TPSA) is 66.8 Å². The number of carbonyl (C=O) groups excluding carboxylic acids is 1. The first-order valence-electron chi connectivity index (χ1n) is 7.88. The van der Waals surface area contributed by atoms with Crippen molar-refractivity contribution in [2.45, 2.75) is 25.8 Å². The van der Waals surface area contributed by atoms with Crippen LogP contribution in [0, 0.1) is 6.92 Å². The number of aryl methyl sites for hydroxylation is 2. The summed E-state index contributed by atoms with van der Waals surface area (Å²) in [6.45, 7) is 2.66. The molecular weight excluding hydrogens is 290 g/mol. The van der Waals surface area contributed by atoms with Gasteiger partial charge in [-0.25, -0.2) is 9.97 Å². The first-order valence-corrected chi connectivity index (χ1v) is 7.88. The third-order valence-electron chi connectivity index (χ3n) is 4.58. The van der Waals surface area contributed by atoms with E-state index in [-0.39, 0.29) is 11.9 Å². The highest BCUT2D eigenvalue weighted by Crippen LogP contribution is 2.33. The fourth-order valence-electron chi connectivity index (χ4n) is 3.50. The lowest BCUT2D eigenvalue weighted by Crippen LogP contribution is -2.31. The quantitative estimate of drug-likeness (QED) is 0.791. The molecule has 1 amide bonds. The van der Waals surface area contributed by atoms with Crippen molar-refractivity contribution >= 4 is 17.1 Å². The van der Waals surface area contributed by atoms with Gasteiger partial charge in [0, 0.05) is 31.7 Å². The number of nitrogens with zero attached hydrogens (tertiary/aromatic N) is 4. The van der Waals surface area contributed by atoms with E-state index in [1.54, 1.807) is 12.3 Å². The number of imidazole rings is 1. The van der Waals surface area contributed by atoms with Gasteiger partial charge in [0.25, 0.3) is 5.91 Å². The molecule has 1 atom stereocenters. The number of hydrogen-bond acceptors (Lipinski definition) is 3. The largest absolute Gasteiger partial charge is 0.353 e. The van der Waals surface area contributed by atoms with Crippen LogP contribution in [0.2, 0.25) is 0 Å². The van der Waals surface area contributed by atoms with Crippen molar-refractivity contribution in [2.24, 2.45) is 7.05 Å². The van der Waals surface area contributed by atoms with Gasteiger partial charge in [0.05, 0.1) is 17.1 Å². The van der Waals surface area contributed by atoms with E-state index in [0.29, 0.717) is 11.2 Å². The number of aromatic nitrogens is 4. The maximum absolute atomic E-state index is 13.1. The Morgan fingerprint density at radius 1 is 1.39 bits per heavy atom. The SMILES string of the molecule is Cc1nc2nccc(C(=O)N3CCCC3c3cccn3C)c2[nH]1. The van der Waals surface area contributed by atoms with Crippen LogP contribution in [0.5, 0.6) is 0 Å². The maximum Gasteiger partial charge on any atom is 0.256 e. The molecule has 23 heavy (non-hydrogen) atoms. The van der Waals surface area contributed by atoms with Gasteiger partial charge in [0.1, 0.15) is 5.82 Å². The summed E-state index contributed by atoms with van der Waals surface area (Å²) in [5.74, 6) is 0.818. The highest BCUT2D eigenvalue weighted by Gasteiger charge is 2.32. The molecule has 118 valence electrons. The number of amides is 1. The van der Waals surface area contributed by atoms with E-state index in [1.807, 2.05) is 31.1 Å². The minimum absolute atomic E-state index is 0.0461. The number of fused-ring (bicyclic) bond motifs is 1. The normalized spacial score (nSPS) is 18.0. The monoisotopic (exact) mass is 309 g/mol. The Balaban J connectivity index is 1.74. The maximum atomic E-state index is 13.1. The Labute approximate surface area is 134 Å². The molecule has 0 spiro atoms. The van der Waals surface area contributed by atoms with E-state index in [2.05, 4.69) is 25.6 Å². The minimum Gasteiger partial charge on any atom is -0.353 e. The van der Waals surface area contributed by atoms with Crippen molar-refractivity contribution in [3.63, 3.8) is 0 Å². The summed E-state index contributed by atoms with van der Waals surface area (Å²) in [5.41, 5.74) is 3.16. The van der Waals surface area contributed by atoms with Crippen molar-refractivity contribution < 1.29 is 4.79 Å². The van der Waals surface area contributed by atoms with Gasteiger partial charge in [-0.2, -0.15) is 0 Å². The van der Waals surface area contributed by atoms with Crippen molar-refractivity contribution in [1.29, 1.82) is 0 Å². The highest BCUT2D eigenvalue weighted by molar-refractivity contribution is 6.04. The van der Waals surface area contributed by atoms with Crippen molar-refractivity contribution in [2.75, 3.05) is 6.54 Å². The third kappa shape index (κ3) is 2.21. The molecule has 1 aliphatic rings. The lowest BCUT2D eigenvalue weighted by atomic mass is 10.1. The summed E-state index contributed by atoms with van der Waals surface area (Å²) in [6.07, 6.45) is 5.71. The Hall–Kier alpha value is -2.63. The number of aromatic amines is 1. The number of nitrogens with one attached hydrogen (secondary N) is 1. The summed E-state index contributed by atoms with van der Waals surface area (Å²) in [4.78, 5) is 26.8. The Morgan fingerprint density at radius 2 is 2.26 bits per heavy atom. The van der Waals surface area contributed by atoms with Gasteiger partial charge in [-0.3, -0.25) is 4.79 Å². The first-order chi connectivity index (χ1) is 11.1. The van der Waals surface area contributed by atoms with Crippen LogP contribution in [0.4, 0.5) is 0 Å². The van der Waals surface area contributed by atoms with Crippen LogP contribution in [-0.4, -0.2) is 36.9 Å². The van der Waals surface area contributed by atoms with E-state index in [9.17, 15) is 4.79 Å². The fourth-order valence-corrected chi connectivity index (χ4v) is 3.50. The molecule has 1 N–H and O–H groups in total. The van der Waals surface area contributed by atoms with E-state index in [4.69, 9.17) is 0 Å². The van der Waals surface area contributed by atoms with Gasteiger partial charge in [-0.05, 0) is 38.0 Å². The minimum atomic E-state index is 0.0461. The second-order valence-corrected chi connectivity index (χ2v) is 6.08. The molecule has 4 heterocycles. The second kappa shape index (κ2) is 5.22. The van der Waals surface area contributed by atoms with Crippen molar-refractivity contribution in [3.05, 3.63) is 47.7 Å². The molecule has 0 saturated carbocycles. The Kier molecular flexibility index (Phi) is 3.18. The zero-order chi connectivity index (χ0) is 16.0. The summed E-state index contributed by atoms with van der Waals surface area (Å²) in [6, 6.07) is 6.04. The van der Waals surface area contributed by atoms with Gasteiger partial charge >= 0.3 is 0 Å².